The highest BCUT2D eigenvalue weighted by atomic mass is 16.6. The molecule has 0 saturated heterocycles. The molecule has 19 heavy (non-hydrogen) atoms. The topological polar surface area (TPSA) is 87.6 Å². The van der Waals surface area contributed by atoms with Gasteiger partial charge in [0.15, 0.2) is 11.3 Å². The number of ether oxygens (including phenoxy) is 2. The van der Waals surface area contributed by atoms with E-state index in [0.29, 0.717) is 0 Å². The van der Waals surface area contributed by atoms with E-state index >= 15 is 0 Å². The Balaban J connectivity index is 2.16. The molecule has 0 atom stereocenters. The SMILES string of the molecule is COC(=O)c1c(OCc2ccccc2)noc1CN. The molecule has 0 bridgehead atoms. The van der Waals surface area contributed by atoms with Crippen molar-refractivity contribution < 1.29 is 18.8 Å². The van der Waals surface area contributed by atoms with Gasteiger partial charge in [0.1, 0.15) is 6.61 Å². The predicted molar refractivity (Wildman–Crippen MR) is 66.5 cm³/mol. The number of carbonyl (C=O) groups excluding carboxylic acids is 1. The van der Waals surface area contributed by atoms with Gasteiger partial charge in [0, 0.05) is 0 Å². The minimum atomic E-state index is -0.579. The minimum Gasteiger partial charge on any atom is -0.470 e. The van der Waals surface area contributed by atoms with Crippen LogP contribution in [0, 0.1) is 0 Å². The first-order valence-corrected chi connectivity index (χ1v) is 5.70. The van der Waals surface area contributed by atoms with Gasteiger partial charge in [-0.15, -0.1) is 0 Å². The molecule has 0 spiro atoms. The zero-order chi connectivity index (χ0) is 13.7. The third-order valence-electron chi connectivity index (χ3n) is 2.52. The molecular formula is C13H14N2O4. The largest absolute Gasteiger partial charge is 0.470 e. The van der Waals surface area contributed by atoms with Crippen LogP contribution in [-0.2, 0) is 17.9 Å². The lowest BCUT2D eigenvalue weighted by atomic mass is 10.2. The quantitative estimate of drug-likeness (QED) is 0.821. The van der Waals surface area contributed by atoms with Gasteiger partial charge < -0.3 is 19.7 Å². The third kappa shape index (κ3) is 2.92. The van der Waals surface area contributed by atoms with Crippen LogP contribution in [0.4, 0.5) is 0 Å². The Kier molecular flexibility index (Phi) is 4.15. The van der Waals surface area contributed by atoms with Crippen LogP contribution in [0.1, 0.15) is 21.7 Å². The first-order valence-electron chi connectivity index (χ1n) is 5.70. The second-order valence-electron chi connectivity index (χ2n) is 3.76. The zero-order valence-corrected chi connectivity index (χ0v) is 10.5. The van der Waals surface area contributed by atoms with Crippen LogP contribution >= 0.6 is 0 Å². The lowest BCUT2D eigenvalue weighted by Gasteiger charge is -2.04. The van der Waals surface area contributed by atoms with Crippen LogP contribution in [0.2, 0.25) is 0 Å². The van der Waals surface area contributed by atoms with Gasteiger partial charge in [-0.1, -0.05) is 30.3 Å². The van der Waals surface area contributed by atoms with Crippen LogP contribution in [-0.4, -0.2) is 18.2 Å². The molecule has 1 aromatic carbocycles. The molecule has 100 valence electrons. The Morgan fingerprint density at radius 1 is 1.37 bits per heavy atom. The summed E-state index contributed by atoms with van der Waals surface area (Å²) in [5.41, 5.74) is 6.56. The number of nitrogens with two attached hydrogens (primary N) is 1. The standard InChI is InChI=1S/C13H14N2O4/c1-17-13(16)11-10(7-14)19-15-12(11)18-8-9-5-3-2-4-6-9/h2-6H,7-8,14H2,1H3. The fourth-order valence-corrected chi connectivity index (χ4v) is 1.57. The van der Waals surface area contributed by atoms with E-state index in [2.05, 4.69) is 9.89 Å². The molecule has 0 aliphatic rings. The van der Waals surface area contributed by atoms with E-state index in [1.807, 2.05) is 30.3 Å². The average molecular weight is 262 g/mol. The summed E-state index contributed by atoms with van der Waals surface area (Å²) in [5, 5.41) is 3.69. The number of benzene rings is 1. The molecule has 6 heteroatoms. The molecule has 0 amide bonds. The lowest BCUT2D eigenvalue weighted by Crippen LogP contribution is -2.09. The highest BCUT2D eigenvalue weighted by Crippen LogP contribution is 2.23. The van der Waals surface area contributed by atoms with Gasteiger partial charge in [0.25, 0.3) is 5.88 Å². The van der Waals surface area contributed by atoms with Gasteiger partial charge in [0.05, 0.1) is 13.7 Å². The molecule has 0 radical (unpaired) electrons. The maximum atomic E-state index is 11.6. The lowest BCUT2D eigenvalue weighted by molar-refractivity contribution is 0.0593. The monoisotopic (exact) mass is 262 g/mol. The fourth-order valence-electron chi connectivity index (χ4n) is 1.57. The number of carbonyl (C=O) groups is 1. The van der Waals surface area contributed by atoms with E-state index in [-0.39, 0.29) is 30.4 Å². The van der Waals surface area contributed by atoms with Gasteiger partial charge in [-0.2, -0.15) is 0 Å². The summed E-state index contributed by atoms with van der Waals surface area (Å²) in [5.74, 6) is -0.240. The van der Waals surface area contributed by atoms with Crippen molar-refractivity contribution in [1.29, 1.82) is 0 Å². The van der Waals surface area contributed by atoms with Gasteiger partial charge in [-0.3, -0.25) is 0 Å². The van der Waals surface area contributed by atoms with Crippen LogP contribution < -0.4 is 10.5 Å². The Morgan fingerprint density at radius 3 is 2.74 bits per heavy atom. The second kappa shape index (κ2) is 6.01. The summed E-state index contributed by atoms with van der Waals surface area (Å²) in [6, 6.07) is 9.51. The van der Waals surface area contributed by atoms with Crippen molar-refractivity contribution >= 4 is 5.97 Å². The van der Waals surface area contributed by atoms with E-state index in [4.69, 9.17) is 15.0 Å². The fraction of sp³-hybridized carbons (Fsp3) is 0.231. The maximum Gasteiger partial charge on any atom is 0.347 e. The summed E-state index contributed by atoms with van der Waals surface area (Å²) in [4.78, 5) is 11.6. The summed E-state index contributed by atoms with van der Waals surface area (Å²) in [6.07, 6.45) is 0. The smallest absolute Gasteiger partial charge is 0.347 e. The first kappa shape index (κ1) is 13.1. The van der Waals surface area contributed by atoms with Crippen molar-refractivity contribution in [2.45, 2.75) is 13.2 Å². The molecule has 0 aliphatic carbocycles. The Morgan fingerprint density at radius 2 is 2.11 bits per heavy atom. The van der Waals surface area contributed by atoms with Gasteiger partial charge in [0.2, 0.25) is 0 Å². The third-order valence-corrected chi connectivity index (χ3v) is 2.52. The van der Waals surface area contributed by atoms with E-state index in [9.17, 15) is 4.79 Å². The Labute approximate surface area is 110 Å². The van der Waals surface area contributed by atoms with Crippen LogP contribution in [0.25, 0.3) is 0 Å². The number of methoxy groups -OCH3 is 1. The number of hydrogen-bond donors (Lipinski definition) is 1. The maximum absolute atomic E-state index is 11.6. The molecule has 2 aromatic rings. The number of hydrogen-bond acceptors (Lipinski definition) is 6. The number of esters is 1. The molecule has 2 N–H and O–H groups in total. The number of aromatic nitrogens is 1. The van der Waals surface area contributed by atoms with E-state index in [1.54, 1.807) is 0 Å². The van der Waals surface area contributed by atoms with Crippen LogP contribution in [0.3, 0.4) is 0 Å². The van der Waals surface area contributed by atoms with Crippen molar-refractivity contribution in [2.75, 3.05) is 7.11 Å². The zero-order valence-electron chi connectivity index (χ0n) is 10.5. The minimum absolute atomic E-state index is 0.0477. The van der Waals surface area contributed by atoms with Gasteiger partial charge in [-0.05, 0) is 10.7 Å². The van der Waals surface area contributed by atoms with Crippen molar-refractivity contribution in [3.8, 4) is 5.88 Å². The van der Waals surface area contributed by atoms with Crippen molar-refractivity contribution in [2.24, 2.45) is 5.73 Å². The highest BCUT2D eigenvalue weighted by molar-refractivity contribution is 5.92. The summed E-state index contributed by atoms with van der Waals surface area (Å²) in [7, 11) is 1.27. The molecule has 1 heterocycles. The van der Waals surface area contributed by atoms with Gasteiger partial charge >= 0.3 is 5.97 Å². The van der Waals surface area contributed by atoms with Crippen molar-refractivity contribution in [3.63, 3.8) is 0 Å². The Bertz CT molecular complexity index is 551. The van der Waals surface area contributed by atoms with Crippen molar-refractivity contribution in [3.05, 3.63) is 47.2 Å². The average Bonchev–Trinajstić information content (AvgIpc) is 2.88. The number of rotatable bonds is 5. The van der Waals surface area contributed by atoms with Crippen molar-refractivity contribution in [1.82, 2.24) is 5.16 Å². The first-order chi connectivity index (χ1) is 9.26. The second-order valence-corrected chi connectivity index (χ2v) is 3.76. The van der Waals surface area contributed by atoms with Crippen LogP contribution in [0.5, 0.6) is 5.88 Å². The van der Waals surface area contributed by atoms with E-state index < -0.39 is 5.97 Å². The predicted octanol–water partition coefficient (Wildman–Crippen LogP) is 1.50. The summed E-state index contributed by atoms with van der Waals surface area (Å²) in [6.45, 7) is 0.327. The normalized spacial score (nSPS) is 10.2. The molecule has 0 unspecified atom stereocenters. The number of nitrogens with zero attached hydrogens (tertiary/aromatic N) is 1. The van der Waals surface area contributed by atoms with Gasteiger partial charge in [-0.25, -0.2) is 4.79 Å². The summed E-state index contributed by atoms with van der Waals surface area (Å²) >= 11 is 0. The molecule has 0 fully saturated rings. The van der Waals surface area contributed by atoms with Crippen LogP contribution in [0.15, 0.2) is 34.9 Å². The highest BCUT2D eigenvalue weighted by Gasteiger charge is 2.24. The molecule has 0 saturated carbocycles. The Hall–Kier alpha value is -2.34. The molecule has 2 rings (SSSR count). The summed E-state index contributed by atoms with van der Waals surface area (Å²) < 4.78 is 15.1. The molecule has 6 nitrogen and oxygen atoms in total. The van der Waals surface area contributed by atoms with E-state index in [1.165, 1.54) is 7.11 Å². The molecule has 1 aromatic heterocycles. The molecular weight excluding hydrogens is 248 g/mol. The molecule has 0 aliphatic heterocycles. The van der Waals surface area contributed by atoms with E-state index in [0.717, 1.165) is 5.56 Å².